The maximum Gasteiger partial charge on any atom is 0.182 e. The molecular formula is C15H11BrF2N2S. The van der Waals surface area contributed by atoms with Gasteiger partial charge in [-0.1, -0.05) is 0 Å². The number of hydrogen-bond donors (Lipinski definition) is 1. The molecule has 21 heavy (non-hydrogen) atoms. The molecular weight excluding hydrogens is 358 g/mol. The average Bonchev–Trinajstić information content (AvgIpc) is 2.70. The maximum atomic E-state index is 13.9. The highest BCUT2D eigenvalue weighted by Gasteiger charge is 2.13. The number of aromatic nitrogens is 2. The van der Waals surface area contributed by atoms with E-state index in [4.69, 9.17) is 12.2 Å². The lowest BCUT2D eigenvalue weighted by atomic mass is 10.1. The van der Waals surface area contributed by atoms with Gasteiger partial charge in [0.15, 0.2) is 4.77 Å². The molecule has 3 rings (SSSR count). The van der Waals surface area contributed by atoms with Crippen molar-refractivity contribution in [1.82, 2.24) is 9.55 Å². The summed E-state index contributed by atoms with van der Waals surface area (Å²) in [5, 5.41) is 0. The largest absolute Gasteiger partial charge is 0.330 e. The number of H-pyrrole nitrogens is 1. The lowest BCUT2D eigenvalue weighted by molar-refractivity contribution is 0.618. The molecule has 0 atom stereocenters. The van der Waals surface area contributed by atoms with E-state index in [0.29, 0.717) is 26.0 Å². The van der Waals surface area contributed by atoms with Gasteiger partial charge >= 0.3 is 0 Å². The summed E-state index contributed by atoms with van der Waals surface area (Å²) in [6.07, 6.45) is 0. The van der Waals surface area contributed by atoms with Crippen LogP contribution in [0.5, 0.6) is 0 Å². The van der Waals surface area contributed by atoms with E-state index in [1.807, 2.05) is 6.92 Å². The van der Waals surface area contributed by atoms with E-state index < -0.39 is 0 Å². The summed E-state index contributed by atoms with van der Waals surface area (Å²) in [6.45, 7) is 3.56. The van der Waals surface area contributed by atoms with Gasteiger partial charge in [-0.3, -0.25) is 4.57 Å². The molecule has 2 aromatic carbocycles. The predicted octanol–water partition coefficient (Wildman–Crippen LogP) is 5.35. The highest BCUT2D eigenvalue weighted by Crippen LogP contribution is 2.27. The van der Waals surface area contributed by atoms with E-state index >= 15 is 0 Å². The van der Waals surface area contributed by atoms with Crippen molar-refractivity contribution in [2.75, 3.05) is 0 Å². The van der Waals surface area contributed by atoms with Crippen molar-refractivity contribution in [3.63, 3.8) is 0 Å². The Kier molecular flexibility index (Phi) is 3.45. The molecule has 0 saturated heterocycles. The number of imidazole rings is 1. The molecule has 0 radical (unpaired) electrons. The summed E-state index contributed by atoms with van der Waals surface area (Å²) >= 11 is 8.47. The first-order chi connectivity index (χ1) is 9.88. The molecule has 0 bridgehead atoms. The first kappa shape index (κ1) is 14.4. The SMILES string of the molecule is Cc1cc2c(cc1F)[nH]c(=S)n2-c1cc(F)c(Br)cc1C. The van der Waals surface area contributed by atoms with Gasteiger partial charge < -0.3 is 4.98 Å². The number of aryl methyl sites for hydroxylation is 2. The summed E-state index contributed by atoms with van der Waals surface area (Å²) in [5.41, 5.74) is 3.33. The van der Waals surface area contributed by atoms with Crippen LogP contribution in [0.15, 0.2) is 28.7 Å². The average molecular weight is 369 g/mol. The Labute approximate surface area is 133 Å². The zero-order chi connectivity index (χ0) is 15.3. The Hall–Kier alpha value is -1.53. The zero-order valence-electron chi connectivity index (χ0n) is 11.3. The van der Waals surface area contributed by atoms with Gasteiger partial charge in [0.05, 0.1) is 21.2 Å². The standard InChI is InChI=1S/C15H11BrF2N2S/c1-7-4-14-12(5-10(7)17)19-15(21)20(14)13-6-11(18)9(16)3-8(13)2/h3-6H,1-2H3,(H,19,21). The fourth-order valence-electron chi connectivity index (χ4n) is 2.35. The first-order valence-electron chi connectivity index (χ1n) is 6.25. The number of hydrogen-bond acceptors (Lipinski definition) is 1. The summed E-state index contributed by atoms with van der Waals surface area (Å²) in [7, 11) is 0. The van der Waals surface area contributed by atoms with Gasteiger partial charge in [-0.05, 0) is 77.4 Å². The van der Waals surface area contributed by atoms with Crippen molar-refractivity contribution >= 4 is 39.2 Å². The Morgan fingerprint density at radius 1 is 1.05 bits per heavy atom. The normalized spacial score (nSPS) is 11.3. The molecule has 0 saturated carbocycles. The molecule has 0 aliphatic rings. The minimum Gasteiger partial charge on any atom is -0.330 e. The quantitative estimate of drug-likeness (QED) is 0.574. The van der Waals surface area contributed by atoms with Crippen LogP contribution in [0.3, 0.4) is 0 Å². The van der Waals surface area contributed by atoms with Crippen molar-refractivity contribution in [2.45, 2.75) is 13.8 Å². The van der Waals surface area contributed by atoms with Crippen LogP contribution < -0.4 is 0 Å². The molecule has 1 N–H and O–H groups in total. The molecule has 0 fully saturated rings. The van der Waals surface area contributed by atoms with E-state index in [1.54, 1.807) is 23.6 Å². The number of halogens is 3. The van der Waals surface area contributed by atoms with Gasteiger partial charge in [0, 0.05) is 0 Å². The Morgan fingerprint density at radius 3 is 2.48 bits per heavy atom. The van der Waals surface area contributed by atoms with Gasteiger partial charge in [0.2, 0.25) is 0 Å². The van der Waals surface area contributed by atoms with Crippen molar-refractivity contribution in [3.05, 3.63) is 56.3 Å². The van der Waals surface area contributed by atoms with E-state index in [1.165, 1.54) is 12.1 Å². The summed E-state index contributed by atoms with van der Waals surface area (Å²) < 4.78 is 30.0. The van der Waals surface area contributed by atoms with E-state index in [2.05, 4.69) is 20.9 Å². The van der Waals surface area contributed by atoms with Gasteiger partial charge in [0.1, 0.15) is 11.6 Å². The molecule has 0 aliphatic carbocycles. The van der Waals surface area contributed by atoms with Crippen LogP contribution in [-0.4, -0.2) is 9.55 Å². The predicted molar refractivity (Wildman–Crippen MR) is 85.5 cm³/mol. The molecule has 3 aromatic rings. The Morgan fingerprint density at radius 2 is 1.76 bits per heavy atom. The second kappa shape index (κ2) is 5.03. The van der Waals surface area contributed by atoms with Gasteiger partial charge in [-0.25, -0.2) is 8.78 Å². The van der Waals surface area contributed by atoms with E-state index in [9.17, 15) is 8.78 Å². The molecule has 6 heteroatoms. The molecule has 0 unspecified atom stereocenters. The number of rotatable bonds is 1. The lowest BCUT2D eigenvalue weighted by Gasteiger charge is -2.10. The van der Waals surface area contributed by atoms with Gasteiger partial charge in [0.25, 0.3) is 0 Å². The fourth-order valence-corrected chi connectivity index (χ4v) is 3.11. The summed E-state index contributed by atoms with van der Waals surface area (Å²) in [4.78, 5) is 2.96. The third kappa shape index (κ3) is 2.32. The summed E-state index contributed by atoms with van der Waals surface area (Å²) in [6, 6.07) is 6.22. The summed E-state index contributed by atoms with van der Waals surface area (Å²) in [5.74, 6) is -0.671. The molecule has 0 aliphatic heterocycles. The second-order valence-electron chi connectivity index (χ2n) is 4.94. The van der Waals surface area contributed by atoms with Crippen molar-refractivity contribution in [1.29, 1.82) is 0 Å². The molecule has 0 amide bonds. The number of benzene rings is 2. The minimum atomic E-state index is -0.370. The lowest BCUT2D eigenvalue weighted by Crippen LogP contribution is -1.99. The fraction of sp³-hybridized carbons (Fsp3) is 0.133. The van der Waals surface area contributed by atoms with Crippen LogP contribution in [0.25, 0.3) is 16.7 Å². The Balaban J connectivity index is 2.40. The van der Waals surface area contributed by atoms with Crippen LogP contribution in [0, 0.1) is 30.3 Å². The van der Waals surface area contributed by atoms with Crippen LogP contribution in [0.1, 0.15) is 11.1 Å². The molecule has 1 heterocycles. The molecule has 0 spiro atoms. The second-order valence-corrected chi connectivity index (χ2v) is 6.18. The number of aromatic amines is 1. The monoisotopic (exact) mass is 368 g/mol. The third-order valence-corrected chi connectivity index (χ3v) is 4.33. The van der Waals surface area contributed by atoms with Crippen LogP contribution in [0.2, 0.25) is 0 Å². The zero-order valence-corrected chi connectivity index (χ0v) is 13.7. The highest BCUT2D eigenvalue weighted by molar-refractivity contribution is 9.10. The minimum absolute atomic E-state index is 0.301. The van der Waals surface area contributed by atoms with Crippen molar-refractivity contribution in [2.24, 2.45) is 0 Å². The molecule has 1 aromatic heterocycles. The topological polar surface area (TPSA) is 20.7 Å². The van der Waals surface area contributed by atoms with Gasteiger partial charge in [-0.15, -0.1) is 0 Å². The number of fused-ring (bicyclic) bond motifs is 1. The number of nitrogens with one attached hydrogen (secondary N) is 1. The number of nitrogens with zero attached hydrogens (tertiary/aromatic N) is 1. The Bertz CT molecular complexity index is 928. The molecule has 2 nitrogen and oxygen atoms in total. The van der Waals surface area contributed by atoms with E-state index in [0.717, 1.165) is 11.1 Å². The molecule has 108 valence electrons. The van der Waals surface area contributed by atoms with Gasteiger partial charge in [-0.2, -0.15) is 0 Å². The maximum absolute atomic E-state index is 13.9. The first-order valence-corrected chi connectivity index (χ1v) is 7.45. The van der Waals surface area contributed by atoms with Crippen molar-refractivity contribution in [3.8, 4) is 5.69 Å². The van der Waals surface area contributed by atoms with Crippen LogP contribution in [-0.2, 0) is 0 Å². The van der Waals surface area contributed by atoms with E-state index in [-0.39, 0.29) is 11.6 Å². The smallest absolute Gasteiger partial charge is 0.182 e. The van der Waals surface area contributed by atoms with Crippen LogP contribution in [0.4, 0.5) is 8.78 Å². The van der Waals surface area contributed by atoms with Crippen LogP contribution >= 0.6 is 28.1 Å². The van der Waals surface area contributed by atoms with Crippen molar-refractivity contribution < 1.29 is 8.78 Å². The third-order valence-electron chi connectivity index (χ3n) is 3.44. The highest BCUT2D eigenvalue weighted by atomic mass is 79.9.